The van der Waals surface area contributed by atoms with Crippen molar-refractivity contribution >= 4 is 62.9 Å². The number of benzene rings is 3. The van der Waals surface area contributed by atoms with Crippen LogP contribution in [0.4, 0.5) is 14.9 Å². The van der Waals surface area contributed by atoms with Gasteiger partial charge in [0.15, 0.2) is 0 Å². The van der Waals surface area contributed by atoms with Crippen LogP contribution in [0, 0.1) is 13.0 Å². The van der Waals surface area contributed by atoms with Crippen LogP contribution in [0.5, 0.6) is 5.75 Å². The van der Waals surface area contributed by atoms with Crippen molar-refractivity contribution in [1.82, 2.24) is 5.32 Å². The Kier molecular flexibility index (Phi) is 8.67. The number of hydrogen-bond donors (Lipinski definition) is 3. The lowest BCUT2D eigenvalue weighted by molar-refractivity contribution is -0.118. The zero-order chi connectivity index (χ0) is 23.1. The molecule has 3 aromatic rings. The Morgan fingerprint density at radius 1 is 0.969 bits per heavy atom. The molecule has 0 bridgehead atoms. The lowest BCUT2D eigenvalue weighted by atomic mass is 10.0. The highest BCUT2D eigenvalue weighted by molar-refractivity contribution is 14.1. The second-order valence-electron chi connectivity index (χ2n) is 6.87. The van der Waals surface area contributed by atoms with Gasteiger partial charge in [0.05, 0.1) is 7.14 Å². The van der Waals surface area contributed by atoms with Crippen molar-refractivity contribution in [3.8, 4) is 5.75 Å². The van der Waals surface area contributed by atoms with E-state index in [1.54, 1.807) is 12.1 Å². The van der Waals surface area contributed by atoms with Crippen LogP contribution in [0.2, 0.25) is 0 Å². The van der Waals surface area contributed by atoms with E-state index in [0.717, 1.165) is 11.1 Å². The molecule has 0 aromatic heterocycles. The molecule has 3 N–H and O–H groups in total. The van der Waals surface area contributed by atoms with Crippen molar-refractivity contribution in [2.75, 3.05) is 5.32 Å². The number of carbonyl (C=O) groups excluding carboxylic acids is 2. The van der Waals surface area contributed by atoms with E-state index in [1.807, 2.05) is 75.5 Å². The molecular weight excluding hydrogens is 641 g/mol. The van der Waals surface area contributed by atoms with Crippen LogP contribution in [0.3, 0.4) is 0 Å². The maximum Gasteiger partial charge on any atom is 0.408 e. The Morgan fingerprint density at radius 2 is 1.59 bits per heavy atom. The Labute approximate surface area is 211 Å². The highest BCUT2D eigenvalue weighted by Crippen LogP contribution is 2.28. The molecule has 3 aromatic carbocycles. The monoisotopic (exact) mass is 660 g/mol. The van der Waals surface area contributed by atoms with Crippen LogP contribution in [-0.2, 0) is 22.6 Å². The van der Waals surface area contributed by atoms with Crippen LogP contribution < -0.4 is 10.6 Å². The van der Waals surface area contributed by atoms with Crippen LogP contribution in [0.1, 0.15) is 11.1 Å². The molecule has 9 heteroatoms. The number of phenolic OH excluding ortho intramolecular Hbond substituents is 1. The molecule has 0 fully saturated rings. The van der Waals surface area contributed by atoms with E-state index < -0.39 is 23.9 Å². The number of carbonyl (C=O) groups is 2. The summed E-state index contributed by atoms with van der Waals surface area (Å²) in [6.45, 7) is 0.0635. The second-order valence-corrected chi connectivity index (χ2v) is 9.19. The first-order valence-corrected chi connectivity index (χ1v) is 11.7. The molecule has 0 unspecified atom stereocenters. The highest BCUT2D eigenvalue weighted by atomic mass is 127. The first kappa shape index (κ1) is 24.2. The van der Waals surface area contributed by atoms with Crippen molar-refractivity contribution in [1.29, 1.82) is 0 Å². The fourth-order valence-corrected chi connectivity index (χ4v) is 4.75. The lowest BCUT2D eigenvalue weighted by Crippen LogP contribution is -2.45. The van der Waals surface area contributed by atoms with Crippen LogP contribution in [0.25, 0.3) is 0 Å². The van der Waals surface area contributed by atoms with Gasteiger partial charge in [-0.15, -0.1) is 0 Å². The Hall–Kier alpha value is -2.41. The third-order valence-corrected chi connectivity index (χ3v) is 6.09. The molecule has 0 saturated heterocycles. The molecule has 0 aliphatic carbocycles. The number of phenols is 1. The minimum atomic E-state index is -0.959. The molecule has 0 aliphatic rings. The number of anilines is 1. The number of halogens is 3. The second kappa shape index (κ2) is 11.5. The number of aromatic hydroxyl groups is 1. The Balaban J connectivity index is 1.74. The fraction of sp³-hybridized carbons (Fsp3) is 0.130. The van der Waals surface area contributed by atoms with Gasteiger partial charge in [-0.05, 0) is 92.7 Å². The highest BCUT2D eigenvalue weighted by Gasteiger charge is 2.23. The smallest absolute Gasteiger partial charge is 0.408 e. The summed E-state index contributed by atoms with van der Waals surface area (Å²) in [5.74, 6) is -0.737. The normalized spacial score (nSPS) is 11.5. The SMILES string of the molecule is O=C(N[C@@H](Cc1cc(I)c(O)c(I)c1)C(=O)Nc1ccc(F)cc1)OCc1ccccc1. The summed E-state index contributed by atoms with van der Waals surface area (Å²) in [6.07, 6.45) is -0.573. The quantitative estimate of drug-likeness (QED) is 0.304. The van der Waals surface area contributed by atoms with Gasteiger partial charge >= 0.3 is 6.09 Å². The molecule has 1 atom stereocenters. The van der Waals surface area contributed by atoms with Crippen molar-refractivity contribution in [2.45, 2.75) is 19.1 Å². The van der Waals surface area contributed by atoms with Crippen LogP contribution in [0.15, 0.2) is 66.7 Å². The minimum absolute atomic E-state index is 0.0635. The number of ether oxygens (including phenoxy) is 1. The Bertz CT molecular complexity index is 1070. The molecule has 32 heavy (non-hydrogen) atoms. The summed E-state index contributed by atoms with van der Waals surface area (Å²) in [5, 5.41) is 15.3. The van der Waals surface area contributed by atoms with Crippen molar-refractivity contribution in [3.63, 3.8) is 0 Å². The number of nitrogens with one attached hydrogen (secondary N) is 2. The molecule has 6 nitrogen and oxygen atoms in total. The molecule has 0 saturated carbocycles. The molecular formula is C23H19FI2N2O4. The zero-order valence-corrected chi connectivity index (χ0v) is 21.0. The molecule has 3 rings (SSSR count). The summed E-state index contributed by atoms with van der Waals surface area (Å²) < 4.78 is 19.7. The largest absolute Gasteiger partial charge is 0.506 e. The molecule has 2 amide bonds. The van der Waals surface area contributed by atoms with Gasteiger partial charge in [0.2, 0.25) is 5.91 Å². The maximum absolute atomic E-state index is 13.2. The van der Waals surface area contributed by atoms with E-state index in [-0.39, 0.29) is 18.8 Å². The van der Waals surface area contributed by atoms with Crippen molar-refractivity contribution in [2.24, 2.45) is 0 Å². The van der Waals surface area contributed by atoms with Gasteiger partial charge in [-0.2, -0.15) is 0 Å². The van der Waals surface area contributed by atoms with Gasteiger partial charge in [-0.1, -0.05) is 30.3 Å². The van der Waals surface area contributed by atoms with E-state index in [0.29, 0.717) is 12.8 Å². The predicted octanol–water partition coefficient (Wildman–Crippen LogP) is 5.22. The van der Waals surface area contributed by atoms with E-state index in [4.69, 9.17) is 4.74 Å². The minimum Gasteiger partial charge on any atom is -0.506 e. The number of alkyl carbamates (subject to hydrolysis) is 1. The van der Waals surface area contributed by atoms with Crippen molar-refractivity contribution < 1.29 is 23.8 Å². The molecule has 0 aliphatic heterocycles. The van der Waals surface area contributed by atoms with Crippen LogP contribution in [-0.4, -0.2) is 23.1 Å². The maximum atomic E-state index is 13.2. The average molecular weight is 660 g/mol. The first-order valence-electron chi connectivity index (χ1n) is 9.52. The number of hydrogen-bond acceptors (Lipinski definition) is 4. The average Bonchev–Trinajstić information content (AvgIpc) is 2.78. The lowest BCUT2D eigenvalue weighted by Gasteiger charge is -2.19. The number of rotatable bonds is 7. The Morgan fingerprint density at radius 3 is 2.22 bits per heavy atom. The van der Waals surface area contributed by atoms with Gasteiger partial charge in [-0.3, -0.25) is 4.79 Å². The van der Waals surface area contributed by atoms with Crippen molar-refractivity contribution in [3.05, 3.63) is 90.8 Å². The standard InChI is InChI=1S/C23H19FI2N2O4/c24-16-6-8-17(9-7-16)27-22(30)20(12-15-10-18(25)21(29)19(26)11-15)28-23(31)32-13-14-4-2-1-3-5-14/h1-11,20,29H,12-13H2,(H,27,30)(H,28,31)/t20-/m0/s1. The fourth-order valence-electron chi connectivity index (χ4n) is 2.85. The van der Waals surface area contributed by atoms with Gasteiger partial charge in [0, 0.05) is 12.1 Å². The van der Waals surface area contributed by atoms with E-state index in [1.165, 1.54) is 24.3 Å². The summed E-state index contributed by atoms with van der Waals surface area (Å²) >= 11 is 4.01. The summed E-state index contributed by atoms with van der Waals surface area (Å²) in [6, 6.07) is 17.0. The first-order chi connectivity index (χ1) is 15.3. The third-order valence-electron chi connectivity index (χ3n) is 4.45. The summed E-state index contributed by atoms with van der Waals surface area (Å²) in [7, 11) is 0. The van der Waals surface area contributed by atoms with E-state index in [2.05, 4.69) is 10.6 Å². The molecule has 0 spiro atoms. The third kappa shape index (κ3) is 7.05. The van der Waals surface area contributed by atoms with Crippen LogP contribution >= 0.6 is 45.2 Å². The van der Waals surface area contributed by atoms with Gasteiger partial charge in [0.25, 0.3) is 0 Å². The predicted molar refractivity (Wildman–Crippen MR) is 136 cm³/mol. The molecule has 0 radical (unpaired) electrons. The van der Waals surface area contributed by atoms with E-state index >= 15 is 0 Å². The zero-order valence-electron chi connectivity index (χ0n) is 16.6. The molecule has 0 heterocycles. The van der Waals surface area contributed by atoms with Gasteiger partial charge in [0.1, 0.15) is 24.2 Å². The summed E-state index contributed by atoms with van der Waals surface area (Å²) in [4.78, 5) is 25.3. The van der Waals surface area contributed by atoms with Gasteiger partial charge in [-0.25, -0.2) is 9.18 Å². The van der Waals surface area contributed by atoms with Gasteiger partial charge < -0.3 is 20.5 Å². The van der Waals surface area contributed by atoms with E-state index in [9.17, 15) is 19.1 Å². The summed E-state index contributed by atoms with van der Waals surface area (Å²) in [5.41, 5.74) is 1.97. The topological polar surface area (TPSA) is 87.7 Å². The number of amides is 2. The molecule has 166 valence electrons.